The number of hydrogen-bond donors (Lipinski definition) is 2. The summed E-state index contributed by atoms with van der Waals surface area (Å²) in [4.78, 5) is 4.76. The smallest absolute Gasteiger partial charge is 0.131 e. The summed E-state index contributed by atoms with van der Waals surface area (Å²) in [5.74, 6) is 0.499. The Balaban J connectivity index is 1.79. The number of phenols is 1. The Morgan fingerprint density at radius 3 is 2.52 bits per heavy atom. The number of nitrogens with one attached hydrogen (secondary N) is 1. The molecule has 1 heterocycles. The lowest BCUT2D eigenvalue weighted by atomic mass is 9.93. The van der Waals surface area contributed by atoms with E-state index in [1.165, 1.54) is 6.07 Å². The highest BCUT2D eigenvalue weighted by Crippen LogP contribution is 2.37. The Kier molecular flexibility index (Phi) is 5.51. The molecule has 4 rings (SSSR count). The van der Waals surface area contributed by atoms with Crippen LogP contribution in [-0.2, 0) is 0 Å². The van der Waals surface area contributed by atoms with E-state index in [9.17, 15) is 9.50 Å². The van der Waals surface area contributed by atoms with E-state index >= 15 is 0 Å². The molecular weight excluding hydrogens is 391 g/mol. The maximum Gasteiger partial charge on any atom is 0.131 e. The third-order valence-electron chi connectivity index (χ3n) is 5.05. The molecule has 0 unspecified atom stereocenters. The highest BCUT2D eigenvalue weighted by atomic mass is 35.5. The Morgan fingerprint density at radius 2 is 1.83 bits per heavy atom. The number of halogens is 2. The van der Waals surface area contributed by atoms with Gasteiger partial charge in [-0.1, -0.05) is 35.9 Å². The molecule has 29 heavy (non-hydrogen) atoms. The molecule has 2 atom stereocenters. The van der Waals surface area contributed by atoms with Gasteiger partial charge in [-0.25, -0.2) is 4.39 Å². The van der Waals surface area contributed by atoms with E-state index in [1.807, 2.05) is 36.4 Å². The molecular formula is C23H20ClFN2O2. The number of ether oxygens (including phenoxy) is 1. The van der Waals surface area contributed by atoms with Gasteiger partial charge in [0.1, 0.15) is 23.5 Å². The lowest BCUT2D eigenvalue weighted by Crippen LogP contribution is -2.33. The topological polar surface area (TPSA) is 53.8 Å². The van der Waals surface area contributed by atoms with Gasteiger partial charge in [-0.2, -0.15) is 0 Å². The van der Waals surface area contributed by atoms with E-state index in [0.29, 0.717) is 17.0 Å². The van der Waals surface area contributed by atoms with Gasteiger partial charge in [0.05, 0.1) is 12.1 Å². The number of para-hydroxylation sites is 1. The lowest BCUT2D eigenvalue weighted by molar-refractivity contribution is 0.405. The van der Waals surface area contributed by atoms with Crippen molar-refractivity contribution in [1.29, 1.82) is 0 Å². The van der Waals surface area contributed by atoms with E-state index in [-0.39, 0.29) is 11.8 Å². The van der Waals surface area contributed by atoms with E-state index < -0.39 is 12.0 Å². The number of methoxy groups -OCH3 is 1. The molecule has 0 bridgehead atoms. The predicted molar refractivity (Wildman–Crippen MR) is 112 cm³/mol. The molecule has 0 aromatic heterocycles. The van der Waals surface area contributed by atoms with Crippen LogP contribution in [0.15, 0.2) is 71.7 Å². The summed E-state index contributed by atoms with van der Waals surface area (Å²) in [6, 6.07) is 19.0. The van der Waals surface area contributed by atoms with Gasteiger partial charge < -0.3 is 9.84 Å². The first-order valence-electron chi connectivity index (χ1n) is 9.25. The zero-order chi connectivity index (χ0) is 20.4. The Bertz CT molecular complexity index is 1030. The third-order valence-corrected chi connectivity index (χ3v) is 5.38. The first kappa shape index (κ1) is 19.4. The van der Waals surface area contributed by atoms with Gasteiger partial charge >= 0.3 is 0 Å². The maximum atomic E-state index is 14.6. The van der Waals surface area contributed by atoms with Gasteiger partial charge in [0, 0.05) is 29.3 Å². The van der Waals surface area contributed by atoms with Crippen LogP contribution in [-0.4, -0.2) is 17.9 Å². The van der Waals surface area contributed by atoms with Crippen molar-refractivity contribution >= 4 is 17.3 Å². The lowest BCUT2D eigenvalue weighted by Gasteiger charge is -2.31. The van der Waals surface area contributed by atoms with Crippen molar-refractivity contribution in [1.82, 2.24) is 5.32 Å². The monoisotopic (exact) mass is 410 g/mol. The van der Waals surface area contributed by atoms with Crippen molar-refractivity contribution in [2.24, 2.45) is 4.99 Å². The van der Waals surface area contributed by atoms with E-state index in [4.69, 9.17) is 21.3 Å². The molecule has 0 aliphatic carbocycles. The van der Waals surface area contributed by atoms with E-state index in [1.54, 1.807) is 31.4 Å². The van der Waals surface area contributed by atoms with Gasteiger partial charge in [0.25, 0.3) is 0 Å². The molecule has 1 aliphatic rings. The molecule has 148 valence electrons. The van der Waals surface area contributed by atoms with E-state index in [0.717, 1.165) is 22.6 Å². The van der Waals surface area contributed by atoms with Crippen LogP contribution in [0.2, 0.25) is 5.02 Å². The second-order valence-corrected chi connectivity index (χ2v) is 7.23. The van der Waals surface area contributed by atoms with Crippen LogP contribution in [0.5, 0.6) is 11.5 Å². The zero-order valence-electron chi connectivity index (χ0n) is 15.8. The Morgan fingerprint density at radius 1 is 1.07 bits per heavy atom. The highest BCUT2D eigenvalue weighted by Gasteiger charge is 2.30. The molecule has 1 aliphatic heterocycles. The summed E-state index contributed by atoms with van der Waals surface area (Å²) >= 11 is 6.31. The predicted octanol–water partition coefficient (Wildman–Crippen LogP) is 5.42. The van der Waals surface area contributed by atoms with Crippen LogP contribution < -0.4 is 10.1 Å². The number of aromatic hydroxyl groups is 1. The molecule has 0 radical (unpaired) electrons. The normalized spacial score (nSPS) is 18.9. The van der Waals surface area contributed by atoms with Crippen molar-refractivity contribution < 1.29 is 14.2 Å². The minimum Gasteiger partial charge on any atom is -0.508 e. The number of nitrogens with zero attached hydrogens (tertiary/aromatic N) is 1. The first-order valence-corrected chi connectivity index (χ1v) is 9.63. The fraction of sp³-hybridized carbons (Fsp3) is 0.174. The molecule has 2 N–H and O–H groups in total. The van der Waals surface area contributed by atoms with Crippen LogP contribution in [0.3, 0.4) is 0 Å². The summed E-state index contributed by atoms with van der Waals surface area (Å²) in [6.45, 7) is 0. The minimum absolute atomic E-state index is 0.180. The Hall–Kier alpha value is -2.89. The summed E-state index contributed by atoms with van der Waals surface area (Å²) in [5.41, 5.74) is 2.72. The van der Waals surface area contributed by atoms with Crippen molar-refractivity contribution in [3.63, 3.8) is 0 Å². The quantitative estimate of drug-likeness (QED) is 0.604. The van der Waals surface area contributed by atoms with Gasteiger partial charge in [-0.05, 0) is 48.0 Å². The minimum atomic E-state index is -0.681. The molecule has 3 aromatic rings. The maximum absolute atomic E-state index is 14.6. The molecule has 4 nitrogen and oxygen atoms in total. The van der Waals surface area contributed by atoms with E-state index in [2.05, 4.69) is 5.32 Å². The van der Waals surface area contributed by atoms with Crippen LogP contribution in [0, 0.1) is 5.82 Å². The second kappa shape index (κ2) is 8.23. The van der Waals surface area contributed by atoms with Crippen molar-refractivity contribution in [2.75, 3.05) is 7.11 Å². The molecule has 0 fully saturated rings. The van der Waals surface area contributed by atoms with Gasteiger partial charge in [-0.15, -0.1) is 0 Å². The summed E-state index contributed by atoms with van der Waals surface area (Å²) in [6.07, 6.45) is -0.147. The highest BCUT2D eigenvalue weighted by molar-refractivity contribution is 6.31. The van der Waals surface area contributed by atoms with Crippen LogP contribution in [0.25, 0.3) is 0 Å². The molecule has 6 heteroatoms. The van der Waals surface area contributed by atoms with Crippen LogP contribution in [0.4, 0.5) is 4.39 Å². The van der Waals surface area contributed by atoms with Crippen molar-refractivity contribution in [2.45, 2.75) is 18.6 Å². The standard InChI is InChI=1S/C23H20ClFN2O2/c1-29-15-11-9-14(10-12-15)19-13-20(16-5-2-3-8-21(16)28)27-23(26-19)22-17(24)6-4-7-18(22)25/h2-12,20,23,27-28H,13H2,1H3/t20-,23-/m1/s1. The SMILES string of the molecule is COc1ccc(C2=N[C@@H](c3c(F)cccc3Cl)N[C@@H](c3ccccc3O)C2)cc1. The largest absolute Gasteiger partial charge is 0.508 e. The van der Waals surface area contributed by atoms with Gasteiger partial charge in [0.15, 0.2) is 0 Å². The zero-order valence-corrected chi connectivity index (χ0v) is 16.5. The summed E-state index contributed by atoms with van der Waals surface area (Å²) < 4.78 is 19.8. The first-order chi connectivity index (χ1) is 14.1. The molecule has 0 saturated heterocycles. The van der Waals surface area contributed by atoms with Gasteiger partial charge in [0.2, 0.25) is 0 Å². The molecule has 0 spiro atoms. The summed E-state index contributed by atoms with van der Waals surface area (Å²) in [5, 5.41) is 14.0. The fourth-order valence-corrected chi connectivity index (χ4v) is 3.83. The Labute approximate surface area is 173 Å². The number of benzene rings is 3. The number of rotatable bonds is 4. The van der Waals surface area contributed by atoms with Crippen LogP contribution >= 0.6 is 11.6 Å². The molecule has 0 amide bonds. The fourth-order valence-electron chi connectivity index (χ4n) is 3.57. The second-order valence-electron chi connectivity index (χ2n) is 6.82. The third kappa shape index (κ3) is 3.97. The molecule has 3 aromatic carbocycles. The van der Waals surface area contributed by atoms with Gasteiger partial charge in [-0.3, -0.25) is 10.3 Å². The average Bonchev–Trinajstić information content (AvgIpc) is 2.74. The van der Waals surface area contributed by atoms with Crippen molar-refractivity contribution in [3.8, 4) is 11.5 Å². The number of aliphatic imine (C=N–C) groups is 1. The molecule has 0 saturated carbocycles. The average molecular weight is 411 g/mol. The number of phenolic OH excluding ortho intramolecular Hbond substituents is 1. The summed E-state index contributed by atoms with van der Waals surface area (Å²) in [7, 11) is 1.61. The number of hydrogen-bond acceptors (Lipinski definition) is 4. The van der Waals surface area contributed by atoms with Crippen LogP contribution in [0.1, 0.15) is 35.3 Å². The van der Waals surface area contributed by atoms with Crippen molar-refractivity contribution in [3.05, 3.63) is 94.3 Å².